The first-order chi connectivity index (χ1) is 12.2. The summed E-state index contributed by atoms with van der Waals surface area (Å²) in [6, 6.07) is 16.3. The highest BCUT2D eigenvalue weighted by Gasteiger charge is 2.09. The van der Waals surface area contributed by atoms with E-state index in [0.717, 1.165) is 5.56 Å². The Kier molecular flexibility index (Phi) is 4.92. The molecule has 0 aliphatic rings. The zero-order valence-corrected chi connectivity index (χ0v) is 13.3. The van der Waals surface area contributed by atoms with Crippen LogP contribution in [0.4, 0.5) is 0 Å². The van der Waals surface area contributed by atoms with Crippen LogP contribution in [0.2, 0.25) is 0 Å². The first-order valence-corrected chi connectivity index (χ1v) is 7.63. The molecule has 0 atom stereocenters. The summed E-state index contributed by atoms with van der Waals surface area (Å²) in [5.74, 6) is 5.30. The highest BCUT2D eigenvalue weighted by atomic mass is 16.5. The number of aromatic hydroxyl groups is 1. The van der Waals surface area contributed by atoms with E-state index in [1.165, 1.54) is 12.3 Å². The topological polar surface area (TPSA) is 97.5 Å². The van der Waals surface area contributed by atoms with E-state index in [4.69, 9.17) is 10.6 Å². The van der Waals surface area contributed by atoms with Crippen molar-refractivity contribution in [1.82, 2.24) is 10.4 Å². The number of benzene rings is 2. The van der Waals surface area contributed by atoms with Gasteiger partial charge in [0.2, 0.25) is 0 Å². The van der Waals surface area contributed by atoms with Crippen LogP contribution in [0.1, 0.15) is 15.9 Å². The number of hydrazine groups is 1. The average molecular weight is 335 g/mol. The lowest BCUT2D eigenvalue weighted by Gasteiger charge is -2.10. The molecule has 0 aliphatic heterocycles. The highest BCUT2D eigenvalue weighted by molar-refractivity contribution is 5.94. The predicted molar refractivity (Wildman–Crippen MR) is 93.8 cm³/mol. The monoisotopic (exact) mass is 335 g/mol. The molecule has 0 radical (unpaired) electrons. The van der Waals surface area contributed by atoms with Gasteiger partial charge in [0.15, 0.2) is 0 Å². The van der Waals surface area contributed by atoms with Gasteiger partial charge in [-0.15, -0.1) is 0 Å². The van der Waals surface area contributed by atoms with Crippen LogP contribution < -0.4 is 16.0 Å². The number of nitrogens with two attached hydrogens (primary N) is 1. The molecule has 0 spiro atoms. The number of phenolic OH excluding ortho intramolecular Hbond substituents is 1. The van der Waals surface area contributed by atoms with Gasteiger partial charge in [-0.1, -0.05) is 30.3 Å². The maximum Gasteiger partial charge on any atom is 0.266 e. The number of pyridine rings is 1. The van der Waals surface area contributed by atoms with Gasteiger partial charge in [-0.25, -0.2) is 5.84 Å². The second kappa shape index (κ2) is 7.46. The summed E-state index contributed by atoms with van der Waals surface area (Å²) in [4.78, 5) is 15.7. The third-order valence-electron chi connectivity index (χ3n) is 3.60. The molecule has 0 saturated heterocycles. The lowest BCUT2D eigenvalue weighted by atomic mass is 10.1. The number of hydrogen-bond donors (Lipinski definition) is 3. The fourth-order valence-corrected chi connectivity index (χ4v) is 2.38. The summed E-state index contributed by atoms with van der Waals surface area (Å²) in [5, 5.41) is 9.98. The molecular formula is C19H17N3O3. The summed E-state index contributed by atoms with van der Waals surface area (Å²) in [7, 11) is 0. The normalized spacial score (nSPS) is 10.3. The Bertz CT molecular complexity index is 882. The first kappa shape index (κ1) is 16.5. The Balaban J connectivity index is 1.85. The van der Waals surface area contributed by atoms with Crippen molar-refractivity contribution in [3.8, 4) is 22.6 Å². The minimum atomic E-state index is -0.435. The van der Waals surface area contributed by atoms with E-state index >= 15 is 0 Å². The van der Waals surface area contributed by atoms with Crippen LogP contribution in [0.5, 0.6) is 11.5 Å². The number of carbonyl (C=O) groups is 1. The standard InChI is InChI=1S/C19H17N3O3/c20-22-19(24)16-6-15(10-21-11-16)14-7-17(23)9-18(8-14)25-12-13-4-2-1-3-5-13/h1-11,23H,12,20H2,(H,22,24). The van der Waals surface area contributed by atoms with Gasteiger partial charge >= 0.3 is 0 Å². The van der Waals surface area contributed by atoms with Crippen LogP contribution in [-0.2, 0) is 6.61 Å². The maximum absolute atomic E-state index is 11.6. The molecule has 3 aromatic rings. The molecule has 0 unspecified atom stereocenters. The molecule has 0 aliphatic carbocycles. The lowest BCUT2D eigenvalue weighted by molar-refractivity contribution is 0.0953. The Morgan fingerprint density at radius 1 is 1.08 bits per heavy atom. The molecule has 1 aromatic heterocycles. The average Bonchev–Trinajstić information content (AvgIpc) is 2.66. The number of nitrogen functional groups attached to an aromatic ring is 1. The minimum absolute atomic E-state index is 0.0641. The van der Waals surface area contributed by atoms with Gasteiger partial charge in [-0.05, 0) is 29.3 Å². The van der Waals surface area contributed by atoms with Crippen LogP contribution in [0, 0.1) is 0 Å². The van der Waals surface area contributed by atoms with Gasteiger partial charge in [0, 0.05) is 24.0 Å². The first-order valence-electron chi connectivity index (χ1n) is 7.63. The number of phenols is 1. The summed E-state index contributed by atoms with van der Waals surface area (Å²) < 4.78 is 5.75. The van der Waals surface area contributed by atoms with Crippen molar-refractivity contribution in [3.63, 3.8) is 0 Å². The van der Waals surface area contributed by atoms with Crippen molar-refractivity contribution < 1.29 is 14.6 Å². The molecule has 6 nitrogen and oxygen atoms in total. The quantitative estimate of drug-likeness (QED) is 0.378. The second-order valence-corrected chi connectivity index (χ2v) is 5.43. The fraction of sp³-hybridized carbons (Fsp3) is 0.0526. The molecular weight excluding hydrogens is 318 g/mol. The van der Waals surface area contributed by atoms with Crippen LogP contribution >= 0.6 is 0 Å². The van der Waals surface area contributed by atoms with Crippen molar-refractivity contribution in [3.05, 3.63) is 78.1 Å². The van der Waals surface area contributed by atoms with Crippen molar-refractivity contribution in [1.29, 1.82) is 0 Å². The largest absolute Gasteiger partial charge is 0.508 e. The molecule has 0 fully saturated rings. The van der Waals surface area contributed by atoms with E-state index in [-0.39, 0.29) is 5.75 Å². The summed E-state index contributed by atoms with van der Waals surface area (Å²) in [6.07, 6.45) is 3.02. The van der Waals surface area contributed by atoms with Gasteiger partial charge in [-0.3, -0.25) is 15.2 Å². The molecule has 2 aromatic carbocycles. The van der Waals surface area contributed by atoms with Gasteiger partial charge < -0.3 is 9.84 Å². The summed E-state index contributed by atoms with van der Waals surface area (Å²) >= 11 is 0. The molecule has 1 amide bonds. The van der Waals surface area contributed by atoms with Crippen molar-refractivity contribution in [2.75, 3.05) is 0 Å². The van der Waals surface area contributed by atoms with E-state index in [1.54, 1.807) is 24.4 Å². The Morgan fingerprint density at radius 2 is 1.88 bits per heavy atom. The lowest BCUT2D eigenvalue weighted by Crippen LogP contribution is -2.30. The Hall–Kier alpha value is -3.38. The minimum Gasteiger partial charge on any atom is -0.508 e. The third-order valence-corrected chi connectivity index (χ3v) is 3.60. The fourth-order valence-electron chi connectivity index (χ4n) is 2.38. The maximum atomic E-state index is 11.6. The zero-order chi connectivity index (χ0) is 17.6. The van der Waals surface area contributed by atoms with Gasteiger partial charge in [0.05, 0.1) is 5.56 Å². The van der Waals surface area contributed by atoms with Crippen molar-refractivity contribution in [2.24, 2.45) is 5.84 Å². The summed E-state index contributed by atoms with van der Waals surface area (Å²) in [5.41, 5.74) is 4.77. The molecule has 1 heterocycles. The van der Waals surface area contributed by atoms with Crippen LogP contribution in [0.25, 0.3) is 11.1 Å². The van der Waals surface area contributed by atoms with E-state index in [0.29, 0.717) is 29.0 Å². The van der Waals surface area contributed by atoms with Crippen LogP contribution in [0.15, 0.2) is 67.0 Å². The SMILES string of the molecule is NNC(=O)c1cncc(-c2cc(O)cc(OCc3ccccc3)c2)c1. The number of nitrogens with one attached hydrogen (secondary N) is 1. The molecule has 0 saturated carbocycles. The number of amides is 1. The zero-order valence-electron chi connectivity index (χ0n) is 13.3. The van der Waals surface area contributed by atoms with Gasteiger partial charge in [0.1, 0.15) is 18.1 Å². The second-order valence-electron chi connectivity index (χ2n) is 5.43. The molecule has 0 bridgehead atoms. The van der Waals surface area contributed by atoms with Crippen LogP contribution in [-0.4, -0.2) is 16.0 Å². The summed E-state index contributed by atoms with van der Waals surface area (Å²) in [6.45, 7) is 0.387. The predicted octanol–water partition coefficient (Wildman–Crippen LogP) is 2.64. The molecule has 6 heteroatoms. The molecule has 3 rings (SSSR count). The van der Waals surface area contributed by atoms with Gasteiger partial charge in [0.25, 0.3) is 5.91 Å². The number of carbonyl (C=O) groups excluding carboxylic acids is 1. The smallest absolute Gasteiger partial charge is 0.266 e. The number of aromatic nitrogens is 1. The van der Waals surface area contributed by atoms with E-state index in [9.17, 15) is 9.90 Å². The van der Waals surface area contributed by atoms with E-state index in [2.05, 4.69) is 10.4 Å². The number of rotatable bonds is 5. The molecule has 126 valence electrons. The Labute approximate surface area is 144 Å². The van der Waals surface area contributed by atoms with Crippen molar-refractivity contribution in [2.45, 2.75) is 6.61 Å². The van der Waals surface area contributed by atoms with E-state index < -0.39 is 5.91 Å². The van der Waals surface area contributed by atoms with Crippen molar-refractivity contribution >= 4 is 5.91 Å². The number of ether oxygens (including phenoxy) is 1. The number of nitrogens with zero attached hydrogens (tertiary/aromatic N) is 1. The Morgan fingerprint density at radius 3 is 2.64 bits per heavy atom. The molecule has 4 N–H and O–H groups in total. The highest BCUT2D eigenvalue weighted by Crippen LogP contribution is 2.29. The van der Waals surface area contributed by atoms with E-state index in [1.807, 2.05) is 30.3 Å². The molecule has 25 heavy (non-hydrogen) atoms. The number of hydrogen-bond acceptors (Lipinski definition) is 5. The van der Waals surface area contributed by atoms with Crippen LogP contribution in [0.3, 0.4) is 0 Å². The van der Waals surface area contributed by atoms with Gasteiger partial charge in [-0.2, -0.15) is 0 Å². The third kappa shape index (κ3) is 4.13.